The van der Waals surface area contributed by atoms with E-state index in [0.717, 1.165) is 10.0 Å². The first kappa shape index (κ1) is 9.51. The van der Waals surface area contributed by atoms with Crippen LogP contribution in [0.4, 0.5) is 0 Å². The lowest BCUT2D eigenvalue weighted by Gasteiger charge is -2.03. The van der Waals surface area contributed by atoms with Crippen LogP contribution in [0.15, 0.2) is 22.7 Å². The van der Waals surface area contributed by atoms with Crippen LogP contribution in [-0.4, -0.2) is 11.7 Å². The predicted octanol–water partition coefficient (Wildman–Crippen LogP) is 1.59. The molecule has 3 nitrogen and oxygen atoms in total. The minimum atomic E-state index is 0.273. The number of halogens is 1. The van der Waals surface area contributed by atoms with Gasteiger partial charge in [0.2, 0.25) is 0 Å². The lowest BCUT2D eigenvalue weighted by molar-refractivity contribution is 0.140. The van der Waals surface area contributed by atoms with Gasteiger partial charge in [0, 0.05) is 10.9 Å². The molecule has 0 heterocycles. The van der Waals surface area contributed by atoms with Gasteiger partial charge < -0.3 is 9.94 Å². The molecule has 0 bridgehead atoms. The van der Waals surface area contributed by atoms with Crippen LogP contribution in [0.1, 0.15) is 5.56 Å². The number of rotatable bonds is 3. The van der Waals surface area contributed by atoms with Crippen molar-refractivity contribution in [3.8, 4) is 5.75 Å². The Bertz CT molecular complexity index is 265. The zero-order valence-corrected chi connectivity index (χ0v) is 8.04. The van der Waals surface area contributed by atoms with Gasteiger partial charge in [0.05, 0.1) is 6.61 Å². The number of nitrogens with two attached hydrogens (primary N) is 1. The minimum Gasteiger partial charge on any atom is -0.508 e. The molecule has 1 aromatic carbocycles. The zero-order chi connectivity index (χ0) is 8.97. The largest absolute Gasteiger partial charge is 0.508 e. The second-order valence-electron chi connectivity index (χ2n) is 2.39. The SMILES string of the molecule is NOCCc1cc(Br)ccc1O. The highest BCUT2D eigenvalue weighted by atomic mass is 79.9. The number of phenolic OH excluding ortho intramolecular Hbond substituents is 1. The summed E-state index contributed by atoms with van der Waals surface area (Å²) in [6.45, 7) is 0.407. The van der Waals surface area contributed by atoms with Crippen molar-refractivity contribution in [1.82, 2.24) is 0 Å². The molecule has 0 aliphatic carbocycles. The third-order valence-electron chi connectivity index (χ3n) is 1.53. The topological polar surface area (TPSA) is 55.5 Å². The van der Waals surface area contributed by atoms with E-state index >= 15 is 0 Å². The Morgan fingerprint density at radius 2 is 2.25 bits per heavy atom. The molecule has 12 heavy (non-hydrogen) atoms. The van der Waals surface area contributed by atoms with Crippen LogP contribution >= 0.6 is 15.9 Å². The average molecular weight is 232 g/mol. The molecule has 0 saturated heterocycles. The first-order valence-electron chi connectivity index (χ1n) is 3.53. The summed E-state index contributed by atoms with van der Waals surface area (Å²) in [5, 5.41) is 9.34. The van der Waals surface area contributed by atoms with E-state index in [2.05, 4.69) is 20.8 Å². The fraction of sp³-hybridized carbons (Fsp3) is 0.250. The highest BCUT2D eigenvalue weighted by molar-refractivity contribution is 9.10. The van der Waals surface area contributed by atoms with E-state index in [4.69, 9.17) is 5.90 Å². The van der Waals surface area contributed by atoms with Crippen molar-refractivity contribution in [1.29, 1.82) is 0 Å². The standard InChI is InChI=1S/C8H10BrNO2/c9-7-1-2-8(11)6(5-7)3-4-12-10/h1-2,5,11H,3-4,10H2. The van der Waals surface area contributed by atoms with Gasteiger partial charge in [-0.1, -0.05) is 15.9 Å². The molecule has 0 aromatic heterocycles. The number of hydrogen-bond acceptors (Lipinski definition) is 3. The molecular formula is C8H10BrNO2. The van der Waals surface area contributed by atoms with Crippen LogP contribution in [0.5, 0.6) is 5.75 Å². The minimum absolute atomic E-state index is 0.273. The van der Waals surface area contributed by atoms with Gasteiger partial charge in [0.1, 0.15) is 5.75 Å². The first-order valence-corrected chi connectivity index (χ1v) is 4.32. The van der Waals surface area contributed by atoms with E-state index in [0.29, 0.717) is 13.0 Å². The summed E-state index contributed by atoms with van der Waals surface area (Å²) in [5.74, 6) is 5.14. The summed E-state index contributed by atoms with van der Waals surface area (Å²) in [4.78, 5) is 4.41. The Kier molecular flexibility index (Phi) is 3.52. The molecule has 0 amide bonds. The zero-order valence-electron chi connectivity index (χ0n) is 6.46. The van der Waals surface area contributed by atoms with Gasteiger partial charge in [-0.25, -0.2) is 5.90 Å². The Morgan fingerprint density at radius 3 is 2.92 bits per heavy atom. The molecule has 0 aliphatic heterocycles. The fourth-order valence-electron chi connectivity index (χ4n) is 0.923. The van der Waals surface area contributed by atoms with E-state index in [-0.39, 0.29) is 5.75 Å². The normalized spacial score (nSPS) is 10.2. The summed E-state index contributed by atoms with van der Waals surface area (Å²) in [6.07, 6.45) is 0.613. The molecule has 0 spiro atoms. The van der Waals surface area contributed by atoms with Gasteiger partial charge in [-0.3, -0.25) is 0 Å². The Morgan fingerprint density at radius 1 is 1.50 bits per heavy atom. The Hall–Kier alpha value is -0.580. The molecule has 3 N–H and O–H groups in total. The van der Waals surface area contributed by atoms with Gasteiger partial charge >= 0.3 is 0 Å². The molecule has 1 aromatic rings. The Balaban J connectivity index is 2.75. The van der Waals surface area contributed by atoms with Gasteiger partial charge in [-0.15, -0.1) is 0 Å². The van der Waals surface area contributed by atoms with Gasteiger partial charge in [0.15, 0.2) is 0 Å². The van der Waals surface area contributed by atoms with E-state index in [9.17, 15) is 5.11 Å². The van der Waals surface area contributed by atoms with E-state index in [1.54, 1.807) is 12.1 Å². The average Bonchev–Trinajstić information content (AvgIpc) is 2.07. The molecule has 0 saturated carbocycles. The molecule has 4 heteroatoms. The quantitative estimate of drug-likeness (QED) is 0.778. The van der Waals surface area contributed by atoms with Gasteiger partial charge in [-0.2, -0.15) is 0 Å². The van der Waals surface area contributed by atoms with E-state index in [1.807, 2.05) is 6.07 Å². The monoisotopic (exact) mass is 231 g/mol. The summed E-state index contributed by atoms with van der Waals surface area (Å²) in [7, 11) is 0. The maximum absolute atomic E-state index is 9.34. The second-order valence-corrected chi connectivity index (χ2v) is 3.31. The maximum atomic E-state index is 9.34. The van der Waals surface area contributed by atoms with Crippen LogP contribution in [0.3, 0.4) is 0 Å². The van der Waals surface area contributed by atoms with Crippen LogP contribution in [0.2, 0.25) is 0 Å². The maximum Gasteiger partial charge on any atom is 0.118 e. The molecule has 0 radical (unpaired) electrons. The van der Waals surface area contributed by atoms with Crippen LogP contribution in [-0.2, 0) is 11.3 Å². The third kappa shape index (κ3) is 2.48. The molecular weight excluding hydrogens is 222 g/mol. The van der Waals surface area contributed by atoms with Crippen molar-refractivity contribution in [3.05, 3.63) is 28.2 Å². The lowest BCUT2D eigenvalue weighted by atomic mass is 10.1. The second kappa shape index (κ2) is 4.45. The molecule has 0 aliphatic rings. The highest BCUT2D eigenvalue weighted by Crippen LogP contribution is 2.21. The molecule has 66 valence electrons. The van der Waals surface area contributed by atoms with Crippen LogP contribution < -0.4 is 5.90 Å². The number of aromatic hydroxyl groups is 1. The van der Waals surface area contributed by atoms with E-state index < -0.39 is 0 Å². The van der Waals surface area contributed by atoms with Crippen molar-refractivity contribution < 1.29 is 9.94 Å². The van der Waals surface area contributed by atoms with Crippen molar-refractivity contribution in [2.45, 2.75) is 6.42 Å². The number of hydrogen-bond donors (Lipinski definition) is 2. The van der Waals surface area contributed by atoms with Crippen LogP contribution in [0, 0.1) is 0 Å². The Labute approximate surface area is 79.2 Å². The van der Waals surface area contributed by atoms with Crippen LogP contribution in [0.25, 0.3) is 0 Å². The molecule has 1 rings (SSSR count). The van der Waals surface area contributed by atoms with Crippen molar-refractivity contribution in [2.75, 3.05) is 6.61 Å². The van der Waals surface area contributed by atoms with E-state index in [1.165, 1.54) is 0 Å². The molecule has 0 atom stereocenters. The third-order valence-corrected chi connectivity index (χ3v) is 2.02. The van der Waals surface area contributed by atoms with Gasteiger partial charge in [-0.05, 0) is 23.8 Å². The number of benzene rings is 1. The van der Waals surface area contributed by atoms with Gasteiger partial charge in [0.25, 0.3) is 0 Å². The summed E-state index contributed by atoms with van der Waals surface area (Å²) < 4.78 is 0.937. The molecule has 0 fully saturated rings. The van der Waals surface area contributed by atoms with Crippen molar-refractivity contribution in [3.63, 3.8) is 0 Å². The fourth-order valence-corrected chi connectivity index (χ4v) is 1.33. The summed E-state index contributed by atoms with van der Waals surface area (Å²) in [6, 6.07) is 5.26. The number of phenols is 1. The molecule has 0 unspecified atom stereocenters. The highest BCUT2D eigenvalue weighted by Gasteiger charge is 2.00. The first-order chi connectivity index (χ1) is 5.74. The summed E-state index contributed by atoms with van der Waals surface area (Å²) >= 11 is 3.31. The van der Waals surface area contributed by atoms with Crippen molar-refractivity contribution >= 4 is 15.9 Å². The predicted molar refractivity (Wildman–Crippen MR) is 49.7 cm³/mol. The van der Waals surface area contributed by atoms with Crippen molar-refractivity contribution in [2.24, 2.45) is 5.90 Å². The lowest BCUT2D eigenvalue weighted by Crippen LogP contribution is -2.03. The smallest absolute Gasteiger partial charge is 0.118 e. The summed E-state index contributed by atoms with van der Waals surface area (Å²) in [5.41, 5.74) is 0.829.